The van der Waals surface area contributed by atoms with E-state index in [-0.39, 0.29) is 18.2 Å². The molecule has 140 valence electrons. The Morgan fingerprint density at radius 1 is 1.15 bits per heavy atom. The minimum absolute atomic E-state index is 0.0628. The van der Waals surface area contributed by atoms with Crippen molar-refractivity contribution in [2.24, 2.45) is 0 Å². The summed E-state index contributed by atoms with van der Waals surface area (Å²) >= 11 is 6.22. The molecule has 4 N–H and O–H groups in total. The first-order valence-electron chi connectivity index (χ1n) is 8.56. The van der Waals surface area contributed by atoms with Gasteiger partial charge in [-0.2, -0.15) is 0 Å². The number of nitrogens with one attached hydrogen (secondary N) is 1. The van der Waals surface area contributed by atoms with Gasteiger partial charge in [-0.3, -0.25) is 4.79 Å². The molecule has 5 nitrogen and oxygen atoms in total. The first kappa shape index (κ1) is 20.2. The highest BCUT2D eigenvalue weighted by Crippen LogP contribution is 2.21. The summed E-state index contributed by atoms with van der Waals surface area (Å²) in [4.78, 5) is 10.6. The van der Waals surface area contributed by atoms with Crippen LogP contribution in [0.15, 0.2) is 42.5 Å². The lowest BCUT2D eigenvalue weighted by Gasteiger charge is -2.21. The lowest BCUT2D eigenvalue weighted by atomic mass is 10.0. The fraction of sp³-hybridized carbons (Fsp3) is 0.350. The van der Waals surface area contributed by atoms with Crippen LogP contribution in [-0.2, 0) is 17.6 Å². The fourth-order valence-corrected chi connectivity index (χ4v) is 3.00. The number of hydrogen-bond acceptors (Lipinski definition) is 4. The first-order chi connectivity index (χ1) is 12.4. The number of phenols is 1. The molecule has 0 fully saturated rings. The number of aromatic hydroxyl groups is 1. The largest absolute Gasteiger partial charge is 0.508 e. The van der Waals surface area contributed by atoms with Crippen molar-refractivity contribution in [1.82, 2.24) is 5.32 Å². The van der Waals surface area contributed by atoms with Crippen LogP contribution in [0.4, 0.5) is 0 Å². The monoisotopic (exact) mass is 377 g/mol. The third-order valence-electron chi connectivity index (χ3n) is 4.31. The second-order valence-corrected chi connectivity index (χ2v) is 6.76. The summed E-state index contributed by atoms with van der Waals surface area (Å²) < 4.78 is 0. The number of aliphatic hydroxyl groups is 1. The van der Waals surface area contributed by atoms with Crippen molar-refractivity contribution in [3.63, 3.8) is 0 Å². The molecular weight excluding hydrogens is 354 g/mol. The zero-order chi connectivity index (χ0) is 19.1. The SMILES string of the molecule is CC(NCCc1ccc(CCC(=O)O)c(Cl)c1)C(O)c1ccc(O)cc1. The topological polar surface area (TPSA) is 89.8 Å². The standard InChI is InChI=1S/C20H24ClNO4/c1-13(20(26)16-4-7-17(23)8-5-16)22-11-10-14-2-3-15(18(21)12-14)6-9-19(24)25/h2-5,7-8,12-13,20,22-23,26H,6,9-11H2,1H3,(H,24,25). The van der Waals surface area contributed by atoms with Crippen LogP contribution >= 0.6 is 11.6 Å². The third-order valence-corrected chi connectivity index (χ3v) is 4.67. The molecule has 0 aliphatic carbocycles. The molecule has 0 aliphatic heterocycles. The van der Waals surface area contributed by atoms with Gasteiger partial charge in [0, 0.05) is 17.5 Å². The Labute approximate surface area is 158 Å². The molecule has 6 heteroatoms. The van der Waals surface area contributed by atoms with Gasteiger partial charge in [-0.25, -0.2) is 0 Å². The number of aliphatic hydroxyl groups excluding tert-OH is 1. The lowest BCUT2D eigenvalue weighted by Crippen LogP contribution is -2.33. The molecule has 2 unspecified atom stereocenters. The van der Waals surface area contributed by atoms with E-state index in [0.29, 0.717) is 18.0 Å². The Balaban J connectivity index is 1.83. The normalized spacial score (nSPS) is 13.3. The molecule has 0 saturated carbocycles. The van der Waals surface area contributed by atoms with Gasteiger partial charge >= 0.3 is 5.97 Å². The maximum absolute atomic E-state index is 10.6. The van der Waals surface area contributed by atoms with Crippen LogP contribution in [0.5, 0.6) is 5.75 Å². The Morgan fingerprint density at radius 2 is 1.85 bits per heavy atom. The summed E-state index contributed by atoms with van der Waals surface area (Å²) in [7, 11) is 0. The van der Waals surface area contributed by atoms with Crippen LogP contribution in [0.25, 0.3) is 0 Å². The molecule has 0 radical (unpaired) electrons. The van der Waals surface area contributed by atoms with E-state index in [1.807, 2.05) is 25.1 Å². The van der Waals surface area contributed by atoms with Crippen LogP contribution in [-0.4, -0.2) is 33.9 Å². The Kier molecular flexibility index (Phi) is 7.45. The average Bonchev–Trinajstić information content (AvgIpc) is 2.60. The van der Waals surface area contributed by atoms with E-state index in [9.17, 15) is 15.0 Å². The van der Waals surface area contributed by atoms with E-state index < -0.39 is 12.1 Å². The molecule has 0 spiro atoms. The zero-order valence-electron chi connectivity index (χ0n) is 14.7. The second-order valence-electron chi connectivity index (χ2n) is 6.35. The molecule has 2 aromatic carbocycles. The summed E-state index contributed by atoms with van der Waals surface area (Å²) in [5, 5.41) is 32.3. The van der Waals surface area contributed by atoms with E-state index in [1.165, 1.54) is 0 Å². The molecule has 2 rings (SSSR count). The number of carboxylic acid groups (broad SMARTS) is 1. The molecule has 0 amide bonds. The fourth-order valence-electron chi connectivity index (χ4n) is 2.71. The van der Waals surface area contributed by atoms with Gasteiger partial charge in [0.15, 0.2) is 0 Å². The number of rotatable bonds is 9. The summed E-state index contributed by atoms with van der Waals surface area (Å²) in [5.74, 6) is -0.666. The van der Waals surface area contributed by atoms with Gasteiger partial charge in [-0.15, -0.1) is 0 Å². The molecule has 0 aliphatic rings. The molecule has 26 heavy (non-hydrogen) atoms. The molecule has 0 bridgehead atoms. The lowest BCUT2D eigenvalue weighted by molar-refractivity contribution is -0.136. The predicted octanol–water partition coefficient (Wildman–Crippen LogP) is 3.32. The van der Waals surface area contributed by atoms with Gasteiger partial charge in [0.1, 0.15) is 5.75 Å². The molecule has 2 aromatic rings. The van der Waals surface area contributed by atoms with Gasteiger partial charge in [0.05, 0.1) is 6.10 Å². The van der Waals surface area contributed by atoms with E-state index in [4.69, 9.17) is 16.7 Å². The summed E-state index contributed by atoms with van der Waals surface area (Å²) in [6, 6.07) is 12.0. The van der Waals surface area contributed by atoms with Gasteiger partial charge in [-0.05, 0) is 61.2 Å². The van der Waals surface area contributed by atoms with E-state index in [1.54, 1.807) is 24.3 Å². The van der Waals surface area contributed by atoms with Crippen LogP contribution in [0.3, 0.4) is 0 Å². The highest BCUT2D eigenvalue weighted by Gasteiger charge is 2.15. The number of carboxylic acids is 1. The van der Waals surface area contributed by atoms with E-state index in [2.05, 4.69) is 5.32 Å². The van der Waals surface area contributed by atoms with Crippen molar-refractivity contribution in [1.29, 1.82) is 0 Å². The number of phenolic OH excluding ortho intramolecular Hbond substituents is 1. The minimum Gasteiger partial charge on any atom is -0.508 e. The van der Waals surface area contributed by atoms with E-state index in [0.717, 1.165) is 23.1 Å². The smallest absolute Gasteiger partial charge is 0.303 e. The van der Waals surface area contributed by atoms with Crippen LogP contribution < -0.4 is 5.32 Å². The Morgan fingerprint density at radius 3 is 2.46 bits per heavy atom. The number of carbonyl (C=O) groups is 1. The number of aryl methyl sites for hydroxylation is 1. The predicted molar refractivity (Wildman–Crippen MR) is 102 cm³/mol. The quantitative estimate of drug-likeness (QED) is 0.538. The summed E-state index contributed by atoms with van der Waals surface area (Å²) in [6.45, 7) is 2.57. The van der Waals surface area contributed by atoms with Gasteiger partial charge in [0.25, 0.3) is 0 Å². The van der Waals surface area contributed by atoms with Crippen molar-refractivity contribution in [3.8, 4) is 5.75 Å². The number of hydrogen-bond donors (Lipinski definition) is 4. The number of halogens is 1. The van der Waals surface area contributed by atoms with Gasteiger partial charge in [0.2, 0.25) is 0 Å². The van der Waals surface area contributed by atoms with Crippen molar-refractivity contribution in [2.75, 3.05) is 6.54 Å². The second kappa shape index (κ2) is 9.57. The molecular formula is C20H24ClNO4. The van der Waals surface area contributed by atoms with Gasteiger partial charge in [-0.1, -0.05) is 35.9 Å². The van der Waals surface area contributed by atoms with Gasteiger partial charge < -0.3 is 20.6 Å². The van der Waals surface area contributed by atoms with Crippen LogP contribution in [0.2, 0.25) is 5.02 Å². The molecule has 0 aromatic heterocycles. The highest BCUT2D eigenvalue weighted by atomic mass is 35.5. The van der Waals surface area contributed by atoms with Crippen molar-refractivity contribution in [2.45, 2.75) is 38.3 Å². The summed E-state index contributed by atoms with van der Waals surface area (Å²) in [5.41, 5.74) is 2.63. The zero-order valence-corrected chi connectivity index (χ0v) is 15.4. The Bertz CT molecular complexity index is 733. The Hall–Kier alpha value is -2.08. The third kappa shape index (κ3) is 6.02. The molecule has 0 saturated heterocycles. The molecule has 2 atom stereocenters. The van der Waals surface area contributed by atoms with Crippen LogP contribution in [0.1, 0.15) is 36.1 Å². The maximum Gasteiger partial charge on any atom is 0.303 e. The maximum atomic E-state index is 10.6. The number of aliphatic carboxylic acids is 1. The van der Waals surface area contributed by atoms with Crippen molar-refractivity contribution < 1.29 is 20.1 Å². The van der Waals surface area contributed by atoms with Crippen molar-refractivity contribution >= 4 is 17.6 Å². The van der Waals surface area contributed by atoms with Crippen molar-refractivity contribution in [3.05, 3.63) is 64.2 Å². The van der Waals surface area contributed by atoms with Crippen LogP contribution in [0, 0.1) is 0 Å². The average molecular weight is 378 g/mol. The first-order valence-corrected chi connectivity index (χ1v) is 8.94. The molecule has 0 heterocycles. The van der Waals surface area contributed by atoms with E-state index >= 15 is 0 Å². The summed E-state index contributed by atoms with van der Waals surface area (Å²) in [6.07, 6.45) is 0.555. The highest BCUT2D eigenvalue weighted by molar-refractivity contribution is 6.31. The minimum atomic E-state index is -0.837. The number of benzene rings is 2.